The minimum Gasteiger partial charge on any atom is -0.493 e. The first-order valence-electron chi connectivity index (χ1n) is 9.45. The second-order valence-electron chi connectivity index (χ2n) is 7.56. The van der Waals surface area contributed by atoms with Gasteiger partial charge in [0.15, 0.2) is 11.5 Å². The molecule has 0 fully saturated rings. The fourth-order valence-electron chi connectivity index (χ4n) is 2.83. The van der Waals surface area contributed by atoms with E-state index in [2.05, 4.69) is 10.3 Å². The summed E-state index contributed by atoms with van der Waals surface area (Å²) in [5.41, 5.74) is 0.126. The lowest BCUT2D eigenvalue weighted by Gasteiger charge is -2.24. The molecule has 164 valence electrons. The predicted molar refractivity (Wildman–Crippen MR) is 110 cm³/mol. The number of aromatic nitrogens is 2. The highest BCUT2D eigenvalue weighted by Gasteiger charge is 2.23. The zero-order chi connectivity index (χ0) is 22.3. The Hall–Kier alpha value is -3.23. The summed E-state index contributed by atoms with van der Waals surface area (Å²) in [6.07, 6.45) is 3.04. The van der Waals surface area contributed by atoms with E-state index >= 15 is 0 Å². The van der Waals surface area contributed by atoms with E-state index in [0.717, 1.165) is 5.56 Å². The first-order chi connectivity index (χ1) is 14.2. The Labute approximate surface area is 176 Å². The summed E-state index contributed by atoms with van der Waals surface area (Å²) in [5.74, 6) is 1.32. The first kappa shape index (κ1) is 23.1. The van der Waals surface area contributed by atoms with Crippen LogP contribution in [0.4, 0.5) is 4.79 Å². The lowest BCUT2D eigenvalue weighted by molar-refractivity contribution is -0.141. The molecule has 0 aliphatic rings. The van der Waals surface area contributed by atoms with Crippen LogP contribution in [0.15, 0.2) is 30.6 Å². The van der Waals surface area contributed by atoms with E-state index in [4.69, 9.17) is 18.9 Å². The van der Waals surface area contributed by atoms with Gasteiger partial charge < -0.3 is 28.8 Å². The molecule has 1 N–H and O–H groups in total. The molecule has 1 aromatic heterocycles. The van der Waals surface area contributed by atoms with E-state index in [1.807, 2.05) is 6.07 Å². The molecule has 1 unspecified atom stereocenters. The third kappa shape index (κ3) is 6.40. The Morgan fingerprint density at radius 2 is 1.83 bits per heavy atom. The molecule has 1 aromatic carbocycles. The van der Waals surface area contributed by atoms with E-state index in [1.165, 1.54) is 7.11 Å². The van der Waals surface area contributed by atoms with E-state index in [9.17, 15) is 9.59 Å². The Morgan fingerprint density at radius 3 is 2.43 bits per heavy atom. The van der Waals surface area contributed by atoms with Crippen LogP contribution < -0.4 is 14.8 Å². The molecule has 9 heteroatoms. The first-order valence-corrected chi connectivity index (χ1v) is 9.45. The molecule has 0 saturated heterocycles. The Bertz CT molecular complexity index is 872. The van der Waals surface area contributed by atoms with Gasteiger partial charge in [0.2, 0.25) is 0 Å². The van der Waals surface area contributed by atoms with Gasteiger partial charge in [0.1, 0.15) is 18.0 Å². The van der Waals surface area contributed by atoms with Crippen LogP contribution in [-0.2, 0) is 27.2 Å². The number of nitrogens with zero attached hydrogens (tertiary/aromatic N) is 2. The van der Waals surface area contributed by atoms with Crippen LogP contribution in [0.5, 0.6) is 11.5 Å². The average Bonchev–Trinajstić information content (AvgIpc) is 3.11. The second kappa shape index (κ2) is 10.00. The maximum absolute atomic E-state index is 12.5. The fourth-order valence-corrected chi connectivity index (χ4v) is 2.83. The normalized spacial score (nSPS) is 12.1. The molecule has 0 aliphatic carbocycles. The summed E-state index contributed by atoms with van der Waals surface area (Å²) in [7, 11) is 4.42. The summed E-state index contributed by atoms with van der Waals surface area (Å²) in [6, 6.07) is 4.89. The molecular weight excluding hydrogens is 390 g/mol. The topological polar surface area (TPSA) is 101 Å². The van der Waals surface area contributed by atoms with Crippen molar-refractivity contribution in [1.82, 2.24) is 14.9 Å². The maximum Gasteiger partial charge on any atom is 0.408 e. The largest absolute Gasteiger partial charge is 0.493 e. The average molecular weight is 419 g/mol. The number of ether oxygens (including phenoxy) is 4. The highest BCUT2D eigenvalue weighted by Crippen LogP contribution is 2.31. The van der Waals surface area contributed by atoms with Crippen LogP contribution in [0.2, 0.25) is 0 Å². The van der Waals surface area contributed by atoms with Crippen molar-refractivity contribution in [2.24, 2.45) is 0 Å². The minimum atomic E-state index is -0.643. The molecule has 9 nitrogen and oxygen atoms in total. The minimum absolute atomic E-state index is 0.0247. The van der Waals surface area contributed by atoms with Crippen LogP contribution in [0.3, 0.4) is 0 Å². The predicted octanol–water partition coefficient (Wildman–Crippen LogP) is 2.88. The van der Waals surface area contributed by atoms with Crippen molar-refractivity contribution in [2.45, 2.75) is 45.4 Å². The van der Waals surface area contributed by atoms with Gasteiger partial charge in [-0.15, -0.1) is 0 Å². The van der Waals surface area contributed by atoms with Gasteiger partial charge in [0.05, 0.1) is 27.4 Å². The Balaban J connectivity index is 2.34. The molecular formula is C21H29N3O6. The van der Waals surface area contributed by atoms with E-state index in [1.54, 1.807) is 64.1 Å². The standard InChI is InChI=1S/C21H29N3O6/c1-21(2,3)30-20(26)23-15(14-7-8-16(27-4)17(11-14)28-5)12-18-22-9-10-24(18)13-19(25)29-6/h7-11,15H,12-13H2,1-6H3,(H,23,26). The summed E-state index contributed by atoms with van der Waals surface area (Å²) in [6.45, 7) is 5.40. The molecule has 2 rings (SSSR count). The van der Waals surface area contributed by atoms with Crippen LogP contribution in [-0.4, -0.2) is 48.5 Å². The zero-order valence-electron chi connectivity index (χ0n) is 18.2. The van der Waals surface area contributed by atoms with E-state index < -0.39 is 23.7 Å². The van der Waals surface area contributed by atoms with E-state index in [-0.39, 0.29) is 6.54 Å². The summed E-state index contributed by atoms with van der Waals surface area (Å²) in [5, 5.41) is 2.88. The monoisotopic (exact) mass is 419 g/mol. The third-order valence-electron chi connectivity index (χ3n) is 4.22. The number of hydrogen-bond donors (Lipinski definition) is 1. The molecule has 0 aliphatic heterocycles. The molecule has 1 atom stereocenters. The van der Waals surface area contributed by atoms with Crippen LogP contribution in [0.25, 0.3) is 0 Å². The Kier molecular flexibility index (Phi) is 7.68. The smallest absolute Gasteiger partial charge is 0.408 e. The highest BCUT2D eigenvalue weighted by atomic mass is 16.6. The van der Waals surface area contributed by atoms with Gasteiger partial charge in [0, 0.05) is 18.8 Å². The quantitative estimate of drug-likeness (QED) is 0.657. The number of carbonyl (C=O) groups excluding carboxylic acids is 2. The van der Waals surface area contributed by atoms with Crippen molar-refractivity contribution in [3.8, 4) is 11.5 Å². The SMILES string of the molecule is COC(=O)Cn1ccnc1CC(NC(=O)OC(C)(C)C)c1ccc(OC)c(OC)c1. The van der Waals surface area contributed by atoms with Gasteiger partial charge >= 0.3 is 12.1 Å². The van der Waals surface area contributed by atoms with Gasteiger partial charge in [-0.05, 0) is 38.5 Å². The number of esters is 1. The van der Waals surface area contributed by atoms with Crippen molar-refractivity contribution in [1.29, 1.82) is 0 Å². The zero-order valence-corrected chi connectivity index (χ0v) is 18.2. The Morgan fingerprint density at radius 1 is 1.13 bits per heavy atom. The molecule has 0 spiro atoms. The molecule has 2 aromatic rings. The summed E-state index contributed by atoms with van der Waals surface area (Å²) in [4.78, 5) is 28.5. The number of methoxy groups -OCH3 is 3. The molecule has 30 heavy (non-hydrogen) atoms. The molecule has 0 bridgehead atoms. The van der Waals surface area contributed by atoms with Gasteiger partial charge in [-0.3, -0.25) is 4.79 Å². The number of benzene rings is 1. The maximum atomic E-state index is 12.5. The third-order valence-corrected chi connectivity index (χ3v) is 4.22. The van der Waals surface area contributed by atoms with Crippen LogP contribution in [0, 0.1) is 0 Å². The van der Waals surface area contributed by atoms with E-state index in [0.29, 0.717) is 23.7 Å². The summed E-state index contributed by atoms with van der Waals surface area (Å²) < 4.78 is 22.5. The number of carbonyl (C=O) groups is 2. The summed E-state index contributed by atoms with van der Waals surface area (Å²) >= 11 is 0. The van der Waals surface area contributed by atoms with Gasteiger partial charge in [-0.1, -0.05) is 6.07 Å². The van der Waals surface area contributed by atoms with Gasteiger partial charge in [-0.25, -0.2) is 9.78 Å². The number of amides is 1. The number of nitrogens with one attached hydrogen (secondary N) is 1. The van der Waals surface area contributed by atoms with Crippen LogP contribution in [0.1, 0.15) is 38.2 Å². The fraction of sp³-hybridized carbons (Fsp3) is 0.476. The van der Waals surface area contributed by atoms with Crippen molar-refractivity contribution in [2.75, 3.05) is 21.3 Å². The molecule has 1 amide bonds. The molecule has 1 heterocycles. The van der Waals surface area contributed by atoms with Gasteiger partial charge in [0.25, 0.3) is 0 Å². The van der Waals surface area contributed by atoms with Gasteiger partial charge in [-0.2, -0.15) is 0 Å². The highest BCUT2D eigenvalue weighted by molar-refractivity contribution is 5.69. The number of rotatable bonds is 8. The van der Waals surface area contributed by atoms with Crippen molar-refractivity contribution in [3.63, 3.8) is 0 Å². The van der Waals surface area contributed by atoms with Crippen molar-refractivity contribution < 1.29 is 28.5 Å². The van der Waals surface area contributed by atoms with Crippen molar-refractivity contribution in [3.05, 3.63) is 42.0 Å². The second-order valence-corrected chi connectivity index (χ2v) is 7.56. The number of imidazole rings is 1. The molecule has 0 radical (unpaired) electrons. The molecule has 0 saturated carbocycles. The lowest BCUT2D eigenvalue weighted by Crippen LogP contribution is -2.36. The van der Waals surface area contributed by atoms with Crippen molar-refractivity contribution >= 4 is 12.1 Å². The van der Waals surface area contributed by atoms with Crippen LogP contribution >= 0.6 is 0 Å². The lowest BCUT2D eigenvalue weighted by atomic mass is 10.0. The number of alkyl carbamates (subject to hydrolysis) is 1. The number of hydrogen-bond acceptors (Lipinski definition) is 7.